The van der Waals surface area contributed by atoms with Crippen LogP contribution in [-0.4, -0.2) is 41.8 Å². The first-order valence-corrected chi connectivity index (χ1v) is 9.18. The van der Waals surface area contributed by atoms with Gasteiger partial charge in [-0.25, -0.2) is 4.39 Å². The number of halogens is 1. The van der Waals surface area contributed by atoms with Gasteiger partial charge in [0.05, 0.1) is 6.10 Å². The predicted molar refractivity (Wildman–Crippen MR) is 88.5 cm³/mol. The van der Waals surface area contributed by atoms with Gasteiger partial charge >= 0.3 is 0 Å². The summed E-state index contributed by atoms with van der Waals surface area (Å²) in [6, 6.07) is 6.91. The summed E-state index contributed by atoms with van der Waals surface area (Å²) in [6.45, 7) is 1.62. The molecule has 1 aliphatic heterocycles. The molecule has 4 nitrogen and oxygen atoms in total. The van der Waals surface area contributed by atoms with Gasteiger partial charge in [0.1, 0.15) is 5.82 Å². The topological polar surface area (TPSA) is 64.5 Å². The molecule has 120 valence electrons. The van der Waals surface area contributed by atoms with Crippen molar-refractivity contribution in [1.82, 2.24) is 10.0 Å². The van der Waals surface area contributed by atoms with E-state index < -0.39 is 0 Å². The molecule has 0 spiro atoms. The number of aliphatic hydroxyl groups is 2. The van der Waals surface area contributed by atoms with E-state index >= 15 is 0 Å². The van der Waals surface area contributed by atoms with Crippen molar-refractivity contribution in [3.05, 3.63) is 35.6 Å². The molecule has 4 N–H and O–H groups in total. The predicted octanol–water partition coefficient (Wildman–Crippen LogP) is 1.93. The monoisotopic (exact) mass is 334 g/mol. The molecule has 1 aliphatic rings. The molecule has 2 rings (SSSR count). The van der Waals surface area contributed by atoms with E-state index in [-0.39, 0.29) is 11.9 Å². The molecular weight excluding hydrogens is 311 g/mol. The second-order valence-electron chi connectivity index (χ2n) is 4.64. The lowest BCUT2D eigenvalue weighted by Gasteiger charge is -2.26. The molecule has 1 fully saturated rings. The molecule has 7 heteroatoms. The van der Waals surface area contributed by atoms with Crippen molar-refractivity contribution in [3.63, 3.8) is 0 Å². The van der Waals surface area contributed by atoms with Crippen molar-refractivity contribution < 1.29 is 14.6 Å². The van der Waals surface area contributed by atoms with Crippen LogP contribution in [0.2, 0.25) is 0 Å². The highest BCUT2D eigenvalue weighted by Crippen LogP contribution is 2.22. The maximum Gasteiger partial charge on any atom is 0.123 e. The van der Waals surface area contributed by atoms with Crippen LogP contribution < -0.4 is 10.0 Å². The van der Waals surface area contributed by atoms with Crippen LogP contribution in [0, 0.1) is 5.82 Å². The number of hydrogen-bond donors (Lipinski definition) is 4. The Bertz CT molecular complexity index is 382. The van der Waals surface area contributed by atoms with Crippen LogP contribution in [0.15, 0.2) is 24.3 Å². The highest BCUT2D eigenvalue weighted by atomic mass is 33.1. The number of aliphatic hydroxyl groups excluding tert-OH is 2. The minimum Gasteiger partial charge on any atom is -0.400 e. The molecule has 0 aromatic heterocycles. The Labute approximate surface area is 133 Å². The third-order valence-corrected chi connectivity index (χ3v) is 5.08. The first-order valence-electron chi connectivity index (χ1n) is 6.86. The maximum atomic E-state index is 12.7. The molecule has 2 unspecified atom stereocenters. The van der Waals surface area contributed by atoms with E-state index in [9.17, 15) is 9.50 Å². The van der Waals surface area contributed by atoms with Crippen molar-refractivity contribution in [1.29, 1.82) is 0 Å². The lowest BCUT2D eigenvalue weighted by atomic mass is 10.0. The molecular formula is C14H23FN2O2S2. The van der Waals surface area contributed by atoms with Gasteiger partial charge in [-0.2, -0.15) is 0 Å². The Balaban J connectivity index is 0.00000106. The van der Waals surface area contributed by atoms with Crippen LogP contribution in [0.4, 0.5) is 4.39 Å². The van der Waals surface area contributed by atoms with Gasteiger partial charge in [0, 0.05) is 25.4 Å². The van der Waals surface area contributed by atoms with Crippen LogP contribution in [0.3, 0.4) is 0 Å². The summed E-state index contributed by atoms with van der Waals surface area (Å²) in [7, 11) is 4.34. The Morgan fingerprint density at radius 3 is 2.71 bits per heavy atom. The van der Waals surface area contributed by atoms with Crippen LogP contribution in [0.1, 0.15) is 18.4 Å². The minimum absolute atomic E-state index is 0.149. The smallest absolute Gasteiger partial charge is 0.123 e. The second kappa shape index (κ2) is 11.3. The molecule has 1 aromatic rings. The molecule has 0 bridgehead atoms. The first-order chi connectivity index (χ1) is 10.2. The van der Waals surface area contributed by atoms with Crippen LogP contribution >= 0.6 is 21.8 Å². The van der Waals surface area contributed by atoms with Crippen LogP contribution in [0.5, 0.6) is 0 Å². The summed E-state index contributed by atoms with van der Waals surface area (Å²) in [5.41, 5.74) is 1.07. The van der Waals surface area contributed by atoms with Crippen LogP contribution in [0.25, 0.3) is 0 Å². The van der Waals surface area contributed by atoms with E-state index in [4.69, 9.17) is 5.11 Å². The number of nitrogens with one attached hydrogen (secondary N) is 2. The van der Waals surface area contributed by atoms with Crippen molar-refractivity contribution in [3.8, 4) is 0 Å². The normalized spacial score (nSPS) is 21.5. The quantitative estimate of drug-likeness (QED) is 0.362. The van der Waals surface area contributed by atoms with Crippen molar-refractivity contribution in [2.75, 3.05) is 19.4 Å². The summed E-state index contributed by atoms with van der Waals surface area (Å²) >= 11 is 0. The van der Waals surface area contributed by atoms with E-state index in [1.54, 1.807) is 33.9 Å². The second-order valence-corrected chi connectivity index (χ2v) is 6.88. The maximum absolute atomic E-state index is 12.7. The number of piperidine rings is 1. The van der Waals surface area contributed by atoms with Gasteiger partial charge in [-0.1, -0.05) is 22.9 Å². The Morgan fingerprint density at radius 1 is 1.33 bits per heavy atom. The summed E-state index contributed by atoms with van der Waals surface area (Å²) in [6.07, 6.45) is 1.55. The molecule has 0 saturated carbocycles. The third kappa shape index (κ3) is 8.04. The third-order valence-electron chi connectivity index (χ3n) is 3.04. The molecule has 0 radical (unpaired) electrons. The summed E-state index contributed by atoms with van der Waals surface area (Å²) in [5, 5.41) is 20.0. The number of rotatable bonds is 6. The van der Waals surface area contributed by atoms with Gasteiger partial charge in [-0.05, 0) is 48.1 Å². The van der Waals surface area contributed by atoms with Gasteiger partial charge in [0.25, 0.3) is 0 Å². The zero-order valence-electron chi connectivity index (χ0n) is 12.1. The van der Waals surface area contributed by atoms with E-state index in [1.165, 1.54) is 12.1 Å². The lowest BCUT2D eigenvalue weighted by Crippen LogP contribution is -2.41. The highest BCUT2D eigenvalue weighted by molar-refractivity contribution is 8.76. The molecule has 1 aromatic carbocycles. The lowest BCUT2D eigenvalue weighted by molar-refractivity contribution is 0.121. The molecule has 0 aliphatic carbocycles. The standard InChI is InChI=1S/C13H19FN2OS2.CH4O/c14-11-3-1-10(2-4-11)8-16-19-18-9-12-7-13(17)5-6-15-12;1-2/h1-4,12-13,15-17H,5-9H2;2H,1H3. The van der Waals surface area contributed by atoms with Gasteiger partial charge in [-0.3, -0.25) is 4.72 Å². The Kier molecular flexibility index (Phi) is 10.1. The SMILES string of the molecule is CO.OC1CCNC(CSSNCc2ccc(F)cc2)C1. The fourth-order valence-electron chi connectivity index (χ4n) is 1.98. The number of benzene rings is 1. The van der Waals surface area contributed by atoms with Gasteiger partial charge in [-0.15, -0.1) is 0 Å². The molecule has 21 heavy (non-hydrogen) atoms. The molecule has 0 amide bonds. The largest absolute Gasteiger partial charge is 0.400 e. The van der Waals surface area contributed by atoms with E-state index in [2.05, 4.69) is 10.0 Å². The number of hydrogen-bond acceptors (Lipinski definition) is 6. The van der Waals surface area contributed by atoms with Crippen molar-refractivity contribution in [2.45, 2.75) is 31.5 Å². The van der Waals surface area contributed by atoms with Gasteiger partial charge in [0.2, 0.25) is 0 Å². The summed E-state index contributed by atoms with van der Waals surface area (Å²) in [5.74, 6) is 0.769. The van der Waals surface area contributed by atoms with Crippen molar-refractivity contribution in [2.24, 2.45) is 0 Å². The fraction of sp³-hybridized carbons (Fsp3) is 0.571. The van der Waals surface area contributed by atoms with Gasteiger partial charge in [0.15, 0.2) is 0 Å². The fourth-order valence-corrected chi connectivity index (χ4v) is 3.90. The molecule has 2 atom stereocenters. The van der Waals surface area contributed by atoms with E-state index in [1.807, 2.05) is 0 Å². The Morgan fingerprint density at radius 2 is 2.05 bits per heavy atom. The first kappa shape index (κ1) is 18.7. The Hall–Kier alpha value is -0.310. The summed E-state index contributed by atoms with van der Waals surface area (Å²) in [4.78, 5) is 0. The molecule has 1 heterocycles. The highest BCUT2D eigenvalue weighted by Gasteiger charge is 2.19. The molecule has 1 saturated heterocycles. The van der Waals surface area contributed by atoms with E-state index in [0.29, 0.717) is 6.04 Å². The van der Waals surface area contributed by atoms with Crippen LogP contribution in [-0.2, 0) is 6.54 Å². The minimum atomic E-state index is -0.201. The average molecular weight is 334 g/mol. The summed E-state index contributed by atoms with van der Waals surface area (Å²) < 4.78 is 15.9. The zero-order chi connectivity index (χ0) is 15.5. The van der Waals surface area contributed by atoms with Crippen molar-refractivity contribution >= 4 is 21.8 Å². The average Bonchev–Trinajstić information content (AvgIpc) is 2.51. The van der Waals surface area contributed by atoms with E-state index in [0.717, 1.165) is 44.4 Å². The van der Waals surface area contributed by atoms with Gasteiger partial charge < -0.3 is 15.5 Å². The zero-order valence-corrected chi connectivity index (χ0v) is 13.7.